The van der Waals surface area contributed by atoms with Crippen LogP contribution in [0, 0.1) is 0 Å². The van der Waals surface area contributed by atoms with Gasteiger partial charge < -0.3 is 14.6 Å². The van der Waals surface area contributed by atoms with Crippen LogP contribution in [0.15, 0.2) is 11.5 Å². The van der Waals surface area contributed by atoms with Crippen LogP contribution in [0.3, 0.4) is 0 Å². The van der Waals surface area contributed by atoms with E-state index in [4.69, 9.17) is 5.11 Å². The van der Waals surface area contributed by atoms with Gasteiger partial charge in [0.05, 0.1) is 11.8 Å². The molecular formula is C10H14N4O3S. The zero-order valence-electron chi connectivity index (χ0n) is 9.94. The number of likely N-dealkylation sites (tertiary alicyclic amines) is 1. The number of carbonyl (C=O) groups excluding carboxylic acids is 1. The van der Waals surface area contributed by atoms with Crippen molar-refractivity contribution < 1.29 is 14.7 Å². The van der Waals surface area contributed by atoms with E-state index in [1.165, 1.54) is 0 Å². The summed E-state index contributed by atoms with van der Waals surface area (Å²) >= 11 is 1.14. The van der Waals surface area contributed by atoms with Gasteiger partial charge in [0.1, 0.15) is 6.33 Å². The summed E-state index contributed by atoms with van der Waals surface area (Å²) in [5, 5.41) is 17.0. The first-order chi connectivity index (χ1) is 8.58. The number of hydrogen-bond acceptors (Lipinski definition) is 5. The summed E-state index contributed by atoms with van der Waals surface area (Å²) in [7, 11) is 1.77. The van der Waals surface area contributed by atoms with Gasteiger partial charge in [0, 0.05) is 20.0 Å². The van der Waals surface area contributed by atoms with E-state index in [1.807, 2.05) is 4.57 Å². The molecule has 0 spiro atoms. The molecule has 1 aromatic heterocycles. The normalized spacial score (nSPS) is 20.2. The number of likely N-dealkylation sites (N-methyl/N-ethyl adjacent to an activating group) is 1. The molecule has 18 heavy (non-hydrogen) atoms. The third-order valence-electron chi connectivity index (χ3n) is 2.86. The molecule has 1 aromatic rings. The number of nitrogens with zero attached hydrogens (tertiary/aromatic N) is 4. The molecule has 0 bridgehead atoms. The van der Waals surface area contributed by atoms with Gasteiger partial charge >= 0.3 is 5.97 Å². The number of piperidine rings is 1. The van der Waals surface area contributed by atoms with Crippen LogP contribution in [0.2, 0.25) is 0 Å². The topological polar surface area (TPSA) is 88.3 Å². The number of rotatable bonds is 4. The highest BCUT2D eigenvalue weighted by Gasteiger charge is 2.26. The second kappa shape index (κ2) is 5.38. The molecule has 1 aliphatic heterocycles. The highest BCUT2D eigenvalue weighted by atomic mass is 32.2. The van der Waals surface area contributed by atoms with Crippen LogP contribution in [-0.2, 0) is 9.59 Å². The quantitative estimate of drug-likeness (QED) is 0.789. The Kier molecular flexibility index (Phi) is 3.85. The number of aliphatic carboxylic acids is 1. The first kappa shape index (κ1) is 12.9. The van der Waals surface area contributed by atoms with Crippen molar-refractivity contribution in [3.63, 3.8) is 0 Å². The number of thioether (sulfide) groups is 1. The van der Waals surface area contributed by atoms with Crippen molar-refractivity contribution in [1.29, 1.82) is 0 Å². The summed E-state index contributed by atoms with van der Waals surface area (Å²) in [5.41, 5.74) is 0. The molecule has 0 aliphatic carbocycles. The number of carboxylic acid groups (broad SMARTS) is 1. The Morgan fingerprint density at radius 1 is 1.67 bits per heavy atom. The zero-order valence-corrected chi connectivity index (χ0v) is 10.8. The molecular weight excluding hydrogens is 256 g/mol. The highest BCUT2D eigenvalue weighted by Crippen LogP contribution is 2.25. The second-order valence-electron chi connectivity index (χ2n) is 4.17. The van der Waals surface area contributed by atoms with Crippen molar-refractivity contribution in [3.05, 3.63) is 6.33 Å². The maximum Gasteiger partial charge on any atom is 0.313 e. The van der Waals surface area contributed by atoms with Crippen LogP contribution < -0.4 is 0 Å². The molecule has 7 nitrogen and oxygen atoms in total. The number of carbonyl (C=O) groups is 2. The molecule has 1 aliphatic rings. The summed E-state index contributed by atoms with van der Waals surface area (Å²) in [6.45, 7) is 0.609. The Bertz CT molecular complexity index is 462. The third-order valence-corrected chi connectivity index (χ3v) is 3.80. The third kappa shape index (κ3) is 2.81. The SMILES string of the molecule is CN1CC(n2cnnc2SCC(=O)O)CCC1=O. The molecule has 98 valence electrons. The van der Waals surface area contributed by atoms with Gasteiger partial charge in [-0.3, -0.25) is 9.59 Å². The lowest BCUT2D eigenvalue weighted by Crippen LogP contribution is -2.37. The number of amides is 1. The van der Waals surface area contributed by atoms with Crippen LogP contribution >= 0.6 is 11.8 Å². The van der Waals surface area contributed by atoms with E-state index in [1.54, 1.807) is 18.3 Å². The van der Waals surface area contributed by atoms with E-state index in [9.17, 15) is 9.59 Å². The molecule has 1 unspecified atom stereocenters. The predicted octanol–water partition coefficient (Wildman–Crippen LogP) is 0.248. The predicted molar refractivity (Wildman–Crippen MR) is 64.3 cm³/mol. The lowest BCUT2D eigenvalue weighted by Gasteiger charge is -2.30. The van der Waals surface area contributed by atoms with Gasteiger partial charge in [-0.25, -0.2) is 0 Å². The van der Waals surface area contributed by atoms with E-state index in [0.717, 1.165) is 18.2 Å². The Balaban J connectivity index is 2.06. The minimum absolute atomic E-state index is 0.0415. The summed E-state index contributed by atoms with van der Waals surface area (Å²) in [6, 6.07) is 0.124. The minimum atomic E-state index is -0.884. The molecule has 1 amide bonds. The van der Waals surface area contributed by atoms with Gasteiger partial charge in [0.25, 0.3) is 0 Å². The van der Waals surface area contributed by atoms with Gasteiger partial charge in [-0.1, -0.05) is 11.8 Å². The Morgan fingerprint density at radius 3 is 3.11 bits per heavy atom. The molecule has 0 aromatic carbocycles. The summed E-state index contributed by atoms with van der Waals surface area (Å²) in [5.74, 6) is -0.787. The van der Waals surface area contributed by atoms with E-state index in [-0.39, 0.29) is 17.7 Å². The van der Waals surface area contributed by atoms with Crippen LogP contribution in [0.5, 0.6) is 0 Å². The molecule has 8 heteroatoms. The van der Waals surface area contributed by atoms with Crippen LogP contribution in [0.25, 0.3) is 0 Å². The number of hydrogen-bond donors (Lipinski definition) is 1. The first-order valence-electron chi connectivity index (χ1n) is 5.56. The lowest BCUT2D eigenvalue weighted by molar-refractivity contribution is -0.134. The smallest absolute Gasteiger partial charge is 0.313 e. The first-order valence-corrected chi connectivity index (χ1v) is 6.54. The van der Waals surface area contributed by atoms with Gasteiger partial charge in [-0.15, -0.1) is 10.2 Å². The number of aromatic nitrogens is 3. The average Bonchev–Trinajstić information content (AvgIpc) is 2.78. The molecule has 2 rings (SSSR count). The standard InChI is InChI=1S/C10H14N4O3S/c1-13-4-7(2-3-8(13)15)14-6-11-12-10(14)18-5-9(16)17/h6-7H,2-5H2,1H3,(H,16,17). The van der Waals surface area contributed by atoms with Crippen LogP contribution in [0.1, 0.15) is 18.9 Å². The number of carboxylic acids is 1. The van der Waals surface area contributed by atoms with Crippen LogP contribution in [0.4, 0.5) is 0 Å². The average molecular weight is 270 g/mol. The summed E-state index contributed by atoms with van der Waals surface area (Å²) in [4.78, 5) is 23.6. The fraction of sp³-hybridized carbons (Fsp3) is 0.600. The highest BCUT2D eigenvalue weighted by molar-refractivity contribution is 7.99. The Morgan fingerprint density at radius 2 is 2.44 bits per heavy atom. The molecule has 0 radical (unpaired) electrons. The maximum atomic E-state index is 11.4. The Hall–Kier alpha value is -1.57. The van der Waals surface area contributed by atoms with Gasteiger partial charge in [0.2, 0.25) is 5.91 Å². The Labute approximate surface area is 108 Å². The molecule has 1 fully saturated rings. The minimum Gasteiger partial charge on any atom is -0.481 e. The van der Waals surface area contributed by atoms with E-state index in [0.29, 0.717) is 18.1 Å². The summed E-state index contributed by atoms with van der Waals surface area (Å²) in [6.07, 6.45) is 2.84. The zero-order chi connectivity index (χ0) is 13.1. The van der Waals surface area contributed by atoms with Crippen molar-refractivity contribution in [1.82, 2.24) is 19.7 Å². The monoisotopic (exact) mass is 270 g/mol. The van der Waals surface area contributed by atoms with E-state index < -0.39 is 5.97 Å². The molecule has 1 N–H and O–H groups in total. The second-order valence-corrected chi connectivity index (χ2v) is 5.11. The molecule has 1 saturated heterocycles. The molecule has 1 atom stereocenters. The largest absolute Gasteiger partial charge is 0.481 e. The van der Waals surface area contributed by atoms with Gasteiger partial charge in [0.15, 0.2) is 5.16 Å². The van der Waals surface area contributed by atoms with Gasteiger partial charge in [-0.2, -0.15) is 0 Å². The fourth-order valence-electron chi connectivity index (χ4n) is 1.93. The van der Waals surface area contributed by atoms with Crippen LogP contribution in [-0.4, -0.2) is 56.0 Å². The molecule has 2 heterocycles. The molecule has 0 saturated carbocycles. The van der Waals surface area contributed by atoms with Crippen molar-refractivity contribution in [2.24, 2.45) is 0 Å². The van der Waals surface area contributed by atoms with Crippen molar-refractivity contribution in [2.75, 3.05) is 19.3 Å². The van der Waals surface area contributed by atoms with Crippen molar-refractivity contribution >= 4 is 23.6 Å². The van der Waals surface area contributed by atoms with E-state index >= 15 is 0 Å². The van der Waals surface area contributed by atoms with Crippen molar-refractivity contribution in [3.8, 4) is 0 Å². The van der Waals surface area contributed by atoms with E-state index in [2.05, 4.69) is 10.2 Å². The lowest BCUT2D eigenvalue weighted by atomic mass is 10.1. The van der Waals surface area contributed by atoms with Gasteiger partial charge in [-0.05, 0) is 6.42 Å². The fourth-order valence-corrected chi connectivity index (χ4v) is 2.63. The van der Waals surface area contributed by atoms with Crippen molar-refractivity contribution in [2.45, 2.75) is 24.0 Å². The maximum absolute atomic E-state index is 11.4. The summed E-state index contributed by atoms with van der Waals surface area (Å²) < 4.78 is 1.86.